The first kappa shape index (κ1) is 25.1. The van der Waals surface area contributed by atoms with Crippen LogP contribution in [0.25, 0.3) is 0 Å². The van der Waals surface area contributed by atoms with E-state index in [2.05, 4.69) is 15.5 Å². The summed E-state index contributed by atoms with van der Waals surface area (Å²) in [5.41, 5.74) is 0.957. The van der Waals surface area contributed by atoms with Gasteiger partial charge in [0, 0.05) is 38.0 Å². The second-order valence-corrected chi connectivity index (χ2v) is 10.7. The number of anilines is 1. The summed E-state index contributed by atoms with van der Waals surface area (Å²) in [7, 11) is 3.56. The second-order valence-electron chi connectivity index (χ2n) is 10.7. The highest BCUT2D eigenvalue weighted by molar-refractivity contribution is 6.10. The number of halogens is 3. The number of amides is 1. The van der Waals surface area contributed by atoms with Crippen molar-refractivity contribution in [3.8, 4) is 0 Å². The minimum Gasteiger partial charge on any atom is -0.381 e. The third-order valence-electron chi connectivity index (χ3n) is 8.44. The number of nitrogens with zero attached hydrogens (tertiary/aromatic N) is 4. The SMILES string of the molecule is CO[C@H]1C[C@](c2cccc(N3Cc4c(cc(CNC5CCC5)cc4C(F)(F)F)C3=O)c2)(c2nncn2C)C1. The number of aryl methyl sites for hydroxylation is 1. The van der Waals surface area contributed by atoms with Crippen LogP contribution in [-0.2, 0) is 36.5 Å². The van der Waals surface area contributed by atoms with Crippen molar-refractivity contribution in [1.29, 1.82) is 0 Å². The van der Waals surface area contributed by atoms with Crippen molar-refractivity contribution in [2.24, 2.45) is 7.05 Å². The summed E-state index contributed by atoms with van der Waals surface area (Å²) in [4.78, 5) is 15.0. The summed E-state index contributed by atoms with van der Waals surface area (Å²) in [5.74, 6) is 0.381. The number of benzene rings is 2. The normalized spacial score (nSPS) is 23.3. The molecule has 1 N–H and O–H groups in total. The van der Waals surface area contributed by atoms with E-state index in [-0.39, 0.29) is 23.8 Å². The minimum atomic E-state index is -4.55. The first-order chi connectivity index (χ1) is 18.2. The Hall–Kier alpha value is -3.24. The number of aromatic nitrogens is 3. The Morgan fingerprint density at radius 2 is 1.97 bits per heavy atom. The molecular formula is C28H30F3N5O2. The van der Waals surface area contributed by atoms with Gasteiger partial charge in [-0.25, -0.2) is 0 Å². The Morgan fingerprint density at radius 3 is 2.61 bits per heavy atom. The topological polar surface area (TPSA) is 72.3 Å². The van der Waals surface area contributed by atoms with Crippen LogP contribution in [0, 0.1) is 0 Å². The fourth-order valence-electron chi connectivity index (χ4n) is 6.03. The van der Waals surface area contributed by atoms with E-state index in [0.717, 1.165) is 30.7 Å². The lowest BCUT2D eigenvalue weighted by atomic mass is 9.62. The Balaban J connectivity index is 1.34. The predicted octanol–water partition coefficient (Wildman–Crippen LogP) is 4.73. The second kappa shape index (κ2) is 9.20. The van der Waals surface area contributed by atoms with Crippen LogP contribution in [-0.4, -0.2) is 39.9 Å². The minimum absolute atomic E-state index is 0.0337. The van der Waals surface area contributed by atoms with Gasteiger partial charge in [0.15, 0.2) is 0 Å². The number of nitrogens with one attached hydrogen (secondary N) is 1. The van der Waals surface area contributed by atoms with Gasteiger partial charge in [0.1, 0.15) is 12.2 Å². The van der Waals surface area contributed by atoms with Gasteiger partial charge in [0.25, 0.3) is 5.91 Å². The van der Waals surface area contributed by atoms with Crippen LogP contribution in [0.4, 0.5) is 18.9 Å². The molecule has 7 nitrogen and oxygen atoms in total. The van der Waals surface area contributed by atoms with E-state index >= 15 is 0 Å². The molecule has 2 aliphatic carbocycles. The van der Waals surface area contributed by atoms with E-state index in [1.165, 1.54) is 11.0 Å². The van der Waals surface area contributed by atoms with Gasteiger partial charge in [-0.05, 0) is 66.6 Å². The van der Waals surface area contributed by atoms with Crippen LogP contribution in [0.2, 0.25) is 0 Å². The fourth-order valence-corrected chi connectivity index (χ4v) is 6.03. The van der Waals surface area contributed by atoms with Gasteiger partial charge in [0.05, 0.1) is 23.6 Å². The first-order valence-electron chi connectivity index (χ1n) is 13.0. The van der Waals surface area contributed by atoms with Crippen molar-refractivity contribution in [3.05, 3.63) is 76.4 Å². The molecule has 0 bridgehead atoms. The molecule has 1 amide bonds. The fraction of sp³-hybridized carbons (Fsp3) is 0.464. The zero-order chi connectivity index (χ0) is 26.7. The van der Waals surface area contributed by atoms with E-state index in [9.17, 15) is 18.0 Å². The number of alkyl halides is 3. The van der Waals surface area contributed by atoms with E-state index < -0.39 is 23.1 Å². The summed E-state index contributed by atoms with van der Waals surface area (Å²) >= 11 is 0. The molecule has 0 saturated heterocycles. The molecule has 1 aromatic heterocycles. The van der Waals surface area contributed by atoms with E-state index in [1.807, 2.05) is 29.8 Å². The zero-order valence-electron chi connectivity index (χ0n) is 21.4. The van der Waals surface area contributed by atoms with E-state index in [1.54, 1.807) is 25.6 Å². The van der Waals surface area contributed by atoms with Crippen LogP contribution in [0.15, 0.2) is 42.7 Å². The van der Waals surface area contributed by atoms with Crippen molar-refractivity contribution in [1.82, 2.24) is 20.1 Å². The first-order valence-corrected chi connectivity index (χ1v) is 13.0. The molecule has 3 aliphatic rings. The number of methoxy groups -OCH3 is 1. The quantitative estimate of drug-likeness (QED) is 0.483. The monoisotopic (exact) mass is 525 g/mol. The van der Waals surface area contributed by atoms with Gasteiger partial charge in [-0.3, -0.25) is 4.79 Å². The van der Waals surface area contributed by atoms with Gasteiger partial charge in [-0.2, -0.15) is 13.2 Å². The molecule has 38 heavy (non-hydrogen) atoms. The number of carbonyl (C=O) groups is 1. The molecule has 0 unspecified atom stereocenters. The molecule has 2 heterocycles. The standard InChI is InChI=1S/C28H30F3N5O2/c1-35-16-33-34-26(35)27(12-21(13-27)38-2)18-5-3-8-20(11-18)36-15-23-22(25(36)37)9-17(10-24(23)28(29,30)31)14-32-19-6-4-7-19/h3,5,8-11,16,19,21,32H,4,6-7,12-15H2,1-2H3/t21-,27-. The van der Waals surface area contributed by atoms with Crippen LogP contribution in [0.5, 0.6) is 0 Å². The van der Waals surface area contributed by atoms with Gasteiger partial charge in [-0.15, -0.1) is 10.2 Å². The maximum Gasteiger partial charge on any atom is 0.416 e. The van der Waals surface area contributed by atoms with Gasteiger partial charge in [0.2, 0.25) is 0 Å². The summed E-state index contributed by atoms with van der Waals surface area (Å²) < 4.78 is 49.8. The molecule has 6 rings (SSSR count). The summed E-state index contributed by atoms with van der Waals surface area (Å²) in [6.45, 7) is 0.186. The van der Waals surface area contributed by atoms with Crippen molar-refractivity contribution >= 4 is 11.6 Å². The number of hydrogen-bond acceptors (Lipinski definition) is 5. The van der Waals surface area contributed by atoms with Crippen LogP contribution in [0.1, 0.15) is 70.5 Å². The molecule has 2 saturated carbocycles. The zero-order valence-corrected chi connectivity index (χ0v) is 21.4. The molecule has 0 atom stereocenters. The lowest BCUT2D eigenvalue weighted by Gasteiger charge is -2.46. The highest BCUT2D eigenvalue weighted by Crippen LogP contribution is 2.50. The highest BCUT2D eigenvalue weighted by Gasteiger charge is 2.50. The highest BCUT2D eigenvalue weighted by atomic mass is 19.4. The predicted molar refractivity (Wildman–Crippen MR) is 135 cm³/mol. The summed E-state index contributed by atoms with van der Waals surface area (Å²) in [5, 5.41) is 11.7. The molecule has 200 valence electrons. The number of hydrogen-bond donors (Lipinski definition) is 1. The van der Waals surface area contributed by atoms with Crippen LogP contribution < -0.4 is 10.2 Å². The van der Waals surface area contributed by atoms with Crippen molar-refractivity contribution < 1.29 is 22.7 Å². The summed E-state index contributed by atoms with van der Waals surface area (Å²) in [6.07, 6.45) is 1.75. The largest absolute Gasteiger partial charge is 0.416 e. The smallest absolute Gasteiger partial charge is 0.381 e. The molecule has 3 aromatic rings. The molecular weight excluding hydrogens is 495 g/mol. The van der Waals surface area contributed by atoms with Crippen molar-refractivity contribution in [2.75, 3.05) is 12.0 Å². The number of fused-ring (bicyclic) bond motifs is 1. The van der Waals surface area contributed by atoms with Crippen LogP contribution in [0.3, 0.4) is 0 Å². The molecule has 1 aliphatic heterocycles. The third-order valence-corrected chi connectivity index (χ3v) is 8.44. The molecule has 10 heteroatoms. The molecule has 2 aromatic carbocycles. The Bertz CT molecular complexity index is 1380. The number of ether oxygens (including phenoxy) is 1. The summed E-state index contributed by atoms with van der Waals surface area (Å²) in [6, 6.07) is 10.6. The Labute approximate surface area is 219 Å². The molecule has 2 fully saturated rings. The van der Waals surface area contributed by atoms with Gasteiger partial charge < -0.3 is 19.5 Å². The van der Waals surface area contributed by atoms with Gasteiger partial charge in [-0.1, -0.05) is 18.6 Å². The maximum atomic E-state index is 14.1. The number of carbonyl (C=O) groups excluding carboxylic acids is 1. The van der Waals surface area contributed by atoms with Gasteiger partial charge >= 0.3 is 6.18 Å². The van der Waals surface area contributed by atoms with Crippen LogP contribution >= 0.6 is 0 Å². The van der Waals surface area contributed by atoms with E-state index in [4.69, 9.17) is 4.74 Å². The number of rotatable bonds is 7. The average molecular weight is 526 g/mol. The molecule has 0 radical (unpaired) electrons. The van der Waals surface area contributed by atoms with Crippen molar-refractivity contribution in [3.63, 3.8) is 0 Å². The maximum absolute atomic E-state index is 14.1. The molecule has 0 spiro atoms. The van der Waals surface area contributed by atoms with Crippen molar-refractivity contribution in [2.45, 2.75) is 68.9 Å². The van der Waals surface area contributed by atoms with E-state index in [0.29, 0.717) is 36.7 Å². The third kappa shape index (κ3) is 4.10. The Kier molecular flexibility index (Phi) is 6.07. The lowest BCUT2D eigenvalue weighted by Crippen LogP contribution is -2.48. The Morgan fingerprint density at radius 1 is 1.18 bits per heavy atom. The lowest BCUT2D eigenvalue weighted by molar-refractivity contribution is -0.138. The average Bonchev–Trinajstić information content (AvgIpc) is 3.40.